The molecule has 0 saturated carbocycles. The molecule has 1 saturated heterocycles. The van der Waals surface area contributed by atoms with Gasteiger partial charge in [-0.1, -0.05) is 35.5 Å². The summed E-state index contributed by atoms with van der Waals surface area (Å²) in [6.45, 7) is 0. The van der Waals surface area contributed by atoms with Crippen LogP contribution in [0.3, 0.4) is 0 Å². The van der Waals surface area contributed by atoms with Crippen LogP contribution in [0.4, 0.5) is 11.4 Å². The minimum atomic E-state index is -0.572. The Labute approximate surface area is 166 Å². The zero-order valence-electron chi connectivity index (χ0n) is 14.8. The maximum Gasteiger partial charge on any atom is 0.238 e. The number of nitrogens with one attached hydrogen (secondary N) is 1. The van der Waals surface area contributed by atoms with Crippen LogP contribution in [0.15, 0.2) is 53.5 Å². The molecule has 1 aliphatic heterocycles. The molecule has 0 aliphatic carbocycles. The fourth-order valence-corrected chi connectivity index (χ4v) is 3.73. The predicted octanol–water partition coefficient (Wildman–Crippen LogP) is 3.94. The summed E-state index contributed by atoms with van der Waals surface area (Å²) in [6.07, 6.45) is 0.102. The Balaban J connectivity index is 1.79. The van der Waals surface area contributed by atoms with Crippen LogP contribution in [0, 0.1) is 0 Å². The smallest absolute Gasteiger partial charge is 0.238 e. The number of hydrogen-bond acceptors (Lipinski definition) is 5. The van der Waals surface area contributed by atoms with Gasteiger partial charge >= 0.3 is 0 Å². The molecule has 2 aromatic carbocycles. The van der Waals surface area contributed by atoms with Crippen molar-refractivity contribution in [3.63, 3.8) is 0 Å². The van der Waals surface area contributed by atoms with Crippen molar-refractivity contribution in [3.8, 4) is 5.75 Å². The minimum absolute atomic E-state index is 0.102. The van der Waals surface area contributed by atoms with Gasteiger partial charge in [-0.15, -0.1) is 0 Å². The van der Waals surface area contributed by atoms with Crippen LogP contribution in [-0.2, 0) is 9.59 Å². The van der Waals surface area contributed by atoms with Crippen molar-refractivity contribution >= 4 is 51.7 Å². The second kappa shape index (κ2) is 8.45. The van der Waals surface area contributed by atoms with Crippen molar-refractivity contribution in [1.29, 1.82) is 0 Å². The second-order valence-corrected chi connectivity index (χ2v) is 7.47. The first-order valence-electron chi connectivity index (χ1n) is 8.18. The van der Waals surface area contributed by atoms with E-state index in [0.29, 0.717) is 27.3 Å². The average Bonchev–Trinajstić information content (AvgIpc) is 2.65. The second-order valence-electron chi connectivity index (χ2n) is 5.86. The van der Waals surface area contributed by atoms with Gasteiger partial charge in [0, 0.05) is 30.2 Å². The molecule has 6 nitrogen and oxygen atoms in total. The number of amidine groups is 1. The topological polar surface area (TPSA) is 71.0 Å². The summed E-state index contributed by atoms with van der Waals surface area (Å²) in [5, 5.41) is 3.22. The lowest BCUT2D eigenvalue weighted by Gasteiger charge is -2.28. The Bertz CT molecular complexity index is 903. The largest absolute Gasteiger partial charge is 0.497 e. The summed E-state index contributed by atoms with van der Waals surface area (Å²) >= 11 is 7.20. The third kappa shape index (κ3) is 4.81. The Hall–Kier alpha value is -2.51. The molecule has 1 fully saturated rings. The van der Waals surface area contributed by atoms with E-state index in [1.807, 2.05) is 18.2 Å². The van der Waals surface area contributed by atoms with Crippen LogP contribution >= 0.6 is 23.4 Å². The number of benzene rings is 2. The fraction of sp³-hybridized carbons (Fsp3) is 0.211. The summed E-state index contributed by atoms with van der Waals surface area (Å²) in [4.78, 5) is 30.9. The molecular formula is C19H18ClN3O3S. The molecule has 1 unspecified atom stereocenters. The van der Waals surface area contributed by atoms with E-state index in [9.17, 15) is 9.59 Å². The van der Waals surface area contributed by atoms with Gasteiger partial charge < -0.3 is 10.1 Å². The summed E-state index contributed by atoms with van der Waals surface area (Å²) in [6, 6.07) is 14.1. The number of thioether (sulfide) groups is 1. The summed E-state index contributed by atoms with van der Waals surface area (Å²) in [5.41, 5.74) is 1.23. The Kier molecular flexibility index (Phi) is 6.03. The van der Waals surface area contributed by atoms with E-state index in [4.69, 9.17) is 16.3 Å². The Morgan fingerprint density at radius 1 is 1.30 bits per heavy atom. The molecule has 1 aliphatic rings. The van der Waals surface area contributed by atoms with Gasteiger partial charge in [-0.2, -0.15) is 0 Å². The number of carbonyl (C=O) groups excluding carboxylic acids is 2. The van der Waals surface area contributed by atoms with Crippen molar-refractivity contribution in [2.75, 3.05) is 19.5 Å². The molecule has 1 atom stereocenters. The van der Waals surface area contributed by atoms with Crippen molar-refractivity contribution in [3.05, 3.63) is 53.6 Å². The number of methoxy groups -OCH3 is 1. The number of aliphatic imine (C=N–C) groups is 1. The van der Waals surface area contributed by atoms with E-state index in [2.05, 4.69) is 10.3 Å². The van der Waals surface area contributed by atoms with Crippen molar-refractivity contribution in [1.82, 2.24) is 4.90 Å². The third-order valence-corrected chi connectivity index (χ3v) is 5.41. The van der Waals surface area contributed by atoms with E-state index in [-0.39, 0.29) is 18.2 Å². The lowest BCUT2D eigenvalue weighted by Crippen LogP contribution is -2.43. The molecule has 2 amide bonds. The monoisotopic (exact) mass is 403 g/mol. The zero-order valence-corrected chi connectivity index (χ0v) is 16.4. The molecule has 1 N–H and O–H groups in total. The van der Waals surface area contributed by atoms with E-state index in [1.54, 1.807) is 44.5 Å². The van der Waals surface area contributed by atoms with E-state index < -0.39 is 5.25 Å². The highest BCUT2D eigenvalue weighted by Gasteiger charge is 2.34. The quantitative estimate of drug-likeness (QED) is 0.839. The maximum atomic E-state index is 12.6. The van der Waals surface area contributed by atoms with Crippen LogP contribution in [0.5, 0.6) is 5.75 Å². The normalized spacial score (nSPS) is 18.5. The van der Waals surface area contributed by atoms with Gasteiger partial charge in [0.15, 0.2) is 5.17 Å². The average molecular weight is 404 g/mol. The molecule has 0 bridgehead atoms. The van der Waals surface area contributed by atoms with Crippen molar-refractivity contribution in [2.24, 2.45) is 4.99 Å². The number of nitrogens with zero attached hydrogens (tertiary/aromatic N) is 2. The van der Waals surface area contributed by atoms with Crippen molar-refractivity contribution in [2.45, 2.75) is 11.7 Å². The molecule has 3 rings (SSSR count). The Morgan fingerprint density at radius 3 is 2.81 bits per heavy atom. The lowest BCUT2D eigenvalue weighted by atomic mass is 10.2. The van der Waals surface area contributed by atoms with Gasteiger partial charge in [0.1, 0.15) is 11.0 Å². The highest BCUT2D eigenvalue weighted by atomic mass is 35.5. The van der Waals surface area contributed by atoms with Crippen LogP contribution in [0.1, 0.15) is 6.42 Å². The summed E-state index contributed by atoms with van der Waals surface area (Å²) in [7, 11) is 3.23. The minimum Gasteiger partial charge on any atom is -0.497 e. The molecule has 140 valence electrons. The van der Waals surface area contributed by atoms with Gasteiger partial charge in [0.05, 0.1) is 12.8 Å². The first kappa shape index (κ1) is 19.3. The standard InChI is InChI=1S/C19H18ClN3O3S/c1-23-17(24)11-16(18(25)21-13-6-3-5-12(20)9-13)27-19(23)22-14-7-4-8-15(10-14)26-2/h3-10,16H,11H2,1-2H3,(H,21,25). The molecule has 0 aromatic heterocycles. The number of ether oxygens (including phenoxy) is 1. The van der Waals surface area contributed by atoms with E-state index in [0.717, 1.165) is 0 Å². The van der Waals surface area contributed by atoms with Crippen LogP contribution < -0.4 is 10.1 Å². The zero-order chi connectivity index (χ0) is 19.4. The maximum absolute atomic E-state index is 12.6. The SMILES string of the molecule is COc1cccc(N=C2SC(C(=O)Nc3cccc(Cl)c3)CC(=O)N2C)c1. The summed E-state index contributed by atoms with van der Waals surface area (Å²) in [5.74, 6) is 0.241. The highest BCUT2D eigenvalue weighted by molar-refractivity contribution is 8.15. The number of anilines is 1. The van der Waals surface area contributed by atoms with E-state index in [1.165, 1.54) is 16.7 Å². The van der Waals surface area contributed by atoms with Crippen molar-refractivity contribution < 1.29 is 14.3 Å². The molecular weight excluding hydrogens is 386 g/mol. The van der Waals surface area contributed by atoms with Gasteiger partial charge in [0.2, 0.25) is 11.8 Å². The number of amides is 2. The molecule has 8 heteroatoms. The molecule has 1 heterocycles. The number of halogens is 1. The molecule has 0 spiro atoms. The van der Waals surface area contributed by atoms with Crippen LogP contribution in [0.2, 0.25) is 5.02 Å². The first-order valence-corrected chi connectivity index (χ1v) is 9.44. The number of rotatable bonds is 4. The highest BCUT2D eigenvalue weighted by Crippen LogP contribution is 2.30. The Morgan fingerprint density at radius 2 is 2.07 bits per heavy atom. The first-order chi connectivity index (χ1) is 13.0. The van der Waals surface area contributed by atoms with Gasteiger partial charge in [0.25, 0.3) is 0 Å². The van der Waals surface area contributed by atoms with E-state index >= 15 is 0 Å². The molecule has 2 aromatic rings. The van der Waals surface area contributed by atoms with Gasteiger partial charge in [-0.05, 0) is 30.3 Å². The molecule has 27 heavy (non-hydrogen) atoms. The lowest BCUT2D eigenvalue weighted by molar-refractivity contribution is -0.128. The van der Waals surface area contributed by atoms with Gasteiger partial charge in [-0.25, -0.2) is 4.99 Å². The summed E-state index contributed by atoms with van der Waals surface area (Å²) < 4.78 is 5.20. The van der Waals surface area contributed by atoms with Crippen LogP contribution in [-0.4, -0.2) is 41.3 Å². The van der Waals surface area contributed by atoms with Gasteiger partial charge in [-0.3, -0.25) is 14.5 Å². The number of carbonyl (C=O) groups is 2. The fourth-order valence-electron chi connectivity index (χ4n) is 2.48. The van der Waals surface area contributed by atoms with Crippen LogP contribution in [0.25, 0.3) is 0 Å². The third-order valence-electron chi connectivity index (χ3n) is 3.93. The molecule has 0 radical (unpaired) electrons. The number of hydrogen-bond donors (Lipinski definition) is 1. The predicted molar refractivity (Wildman–Crippen MR) is 109 cm³/mol.